The van der Waals surface area contributed by atoms with Gasteiger partial charge in [0.2, 0.25) is 0 Å². The van der Waals surface area contributed by atoms with Crippen LogP contribution in [0, 0.1) is 6.92 Å². The van der Waals surface area contributed by atoms with Crippen molar-refractivity contribution >= 4 is 16.7 Å². The van der Waals surface area contributed by atoms with E-state index in [0.29, 0.717) is 0 Å². The molecule has 1 saturated heterocycles. The summed E-state index contributed by atoms with van der Waals surface area (Å²) in [5.74, 6) is 0.967. The van der Waals surface area contributed by atoms with Gasteiger partial charge in [0.15, 0.2) is 0 Å². The van der Waals surface area contributed by atoms with Crippen LogP contribution in [0.3, 0.4) is 0 Å². The lowest BCUT2D eigenvalue weighted by atomic mass is 10.1. The van der Waals surface area contributed by atoms with E-state index in [9.17, 15) is 0 Å². The number of pyridine rings is 1. The number of aromatic nitrogens is 1. The molecule has 0 radical (unpaired) electrons. The van der Waals surface area contributed by atoms with Gasteiger partial charge in [-0.25, -0.2) is 4.98 Å². The molecule has 4 nitrogen and oxygen atoms in total. The summed E-state index contributed by atoms with van der Waals surface area (Å²) < 4.78 is 5.35. The number of hydrogen-bond donors (Lipinski definition) is 1. The fraction of sp³-hybridized carbons (Fsp3) is 0.438. The van der Waals surface area contributed by atoms with E-state index in [0.717, 1.165) is 50.7 Å². The molecule has 1 aliphatic rings. The molecule has 0 atom stereocenters. The molecular weight excluding hydrogens is 250 g/mol. The van der Waals surface area contributed by atoms with Crippen LogP contribution in [0.4, 0.5) is 5.82 Å². The first kappa shape index (κ1) is 13.3. The first-order valence-corrected chi connectivity index (χ1v) is 7.23. The first-order valence-electron chi connectivity index (χ1n) is 7.23. The number of anilines is 1. The Morgan fingerprint density at radius 1 is 1.25 bits per heavy atom. The van der Waals surface area contributed by atoms with Gasteiger partial charge in [0.1, 0.15) is 5.82 Å². The van der Waals surface area contributed by atoms with Crippen molar-refractivity contribution in [2.24, 2.45) is 0 Å². The molecular formula is C16H21N3O. The normalized spacial score (nSPS) is 16.4. The van der Waals surface area contributed by atoms with Crippen molar-refractivity contribution in [2.75, 3.05) is 44.7 Å². The molecule has 20 heavy (non-hydrogen) atoms. The van der Waals surface area contributed by atoms with E-state index >= 15 is 0 Å². The largest absolute Gasteiger partial charge is 0.379 e. The summed E-state index contributed by atoms with van der Waals surface area (Å²) in [7, 11) is 0. The second kappa shape index (κ2) is 6.20. The molecule has 1 N–H and O–H groups in total. The molecule has 4 heteroatoms. The number of nitrogens with one attached hydrogen (secondary N) is 1. The number of aryl methyl sites for hydroxylation is 1. The number of para-hydroxylation sites is 1. The van der Waals surface area contributed by atoms with E-state index in [1.165, 1.54) is 10.9 Å². The highest BCUT2D eigenvalue weighted by atomic mass is 16.5. The predicted molar refractivity (Wildman–Crippen MR) is 82.2 cm³/mol. The van der Waals surface area contributed by atoms with Gasteiger partial charge in [-0.3, -0.25) is 4.90 Å². The van der Waals surface area contributed by atoms with Crippen LogP contribution in [-0.4, -0.2) is 49.3 Å². The van der Waals surface area contributed by atoms with E-state index in [2.05, 4.69) is 46.4 Å². The van der Waals surface area contributed by atoms with Crippen molar-refractivity contribution in [1.29, 1.82) is 0 Å². The molecule has 0 aliphatic carbocycles. The number of fused-ring (bicyclic) bond motifs is 1. The minimum Gasteiger partial charge on any atom is -0.379 e. The van der Waals surface area contributed by atoms with Gasteiger partial charge < -0.3 is 10.1 Å². The zero-order valence-electron chi connectivity index (χ0n) is 11.9. The van der Waals surface area contributed by atoms with Crippen LogP contribution in [0.2, 0.25) is 0 Å². The molecule has 106 valence electrons. The highest BCUT2D eigenvalue weighted by Crippen LogP contribution is 2.19. The molecule has 0 bridgehead atoms. The van der Waals surface area contributed by atoms with E-state index in [4.69, 9.17) is 4.74 Å². The molecule has 0 spiro atoms. The highest BCUT2D eigenvalue weighted by molar-refractivity contribution is 5.83. The lowest BCUT2D eigenvalue weighted by Gasteiger charge is -2.26. The van der Waals surface area contributed by atoms with Crippen molar-refractivity contribution in [1.82, 2.24) is 9.88 Å². The zero-order valence-corrected chi connectivity index (χ0v) is 11.9. The van der Waals surface area contributed by atoms with Crippen molar-refractivity contribution in [3.8, 4) is 0 Å². The second-order valence-electron chi connectivity index (χ2n) is 5.22. The standard InChI is InChI=1S/C16H21N3O/c1-13-12-16(18-15-5-3-2-4-14(13)15)17-6-7-19-8-10-20-11-9-19/h2-5,12H,6-11H2,1H3,(H,17,18). The number of rotatable bonds is 4. The maximum Gasteiger partial charge on any atom is 0.126 e. The van der Waals surface area contributed by atoms with Crippen molar-refractivity contribution < 1.29 is 4.74 Å². The summed E-state index contributed by atoms with van der Waals surface area (Å²) in [5, 5.41) is 4.66. The second-order valence-corrected chi connectivity index (χ2v) is 5.22. The fourth-order valence-electron chi connectivity index (χ4n) is 2.61. The van der Waals surface area contributed by atoms with Crippen LogP contribution >= 0.6 is 0 Å². The molecule has 0 unspecified atom stereocenters. The summed E-state index contributed by atoms with van der Waals surface area (Å²) in [4.78, 5) is 7.09. The average Bonchev–Trinajstić information content (AvgIpc) is 2.48. The van der Waals surface area contributed by atoms with Crippen molar-refractivity contribution in [3.05, 3.63) is 35.9 Å². The van der Waals surface area contributed by atoms with Gasteiger partial charge in [-0.15, -0.1) is 0 Å². The van der Waals surface area contributed by atoms with Crippen LogP contribution in [0.1, 0.15) is 5.56 Å². The Morgan fingerprint density at radius 3 is 2.90 bits per heavy atom. The van der Waals surface area contributed by atoms with Crippen LogP contribution in [-0.2, 0) is 4.74 Å². The molecule has 0 saturated carbocycles. The highest BCUT2D eigenvalue weighted by Gasteiger charge is 2.09. The Balaban J connectivity index is 1.62. The first-order chi connectivity index (χ1) is 9.83. The Labute approximate surface area is 119 Å². The van der Waals surface area contributed by atoms with Gasteiger partial charge in [0.05, 0.1) is 18.7 Å². The molecule has 1 fully saturated rings. The molecule has 1 aromatic carbocycles. The van der Waals surface area contributed by atoms with Crippen molar-refractivity contribution in [3.63, 3.8) is 0 Å². The zero-order chi connectivity index (χ0) is 13.8. The lowest BCUT2D eigenvalue weighted by Crippen LogP contribution is -2.39. The van der Waals surface area contributed by atoms with E-state index in [1.807, 2.05) is 6.07 Å². The van der Waals surface area contributed by atoms with Crippen LogP contribution in [0.5, 0.6) is 0 Å². The van der Waals surface area contributed by atoms with Gasteiger partial charge in [-0.1, -0.05) is 18.2 Å². The Hall–Kier alpha value is -1.65. The van der Waals surface area contributed by atoms with Gasteiger partial charge >= 0.3 is 0 Å². The van der Waals surface area contributed by atoms with Gasteiger partial charge in [0, 0.05) is 31.6 Å². The maximum atomic E-state index is 5.35. The minimum atomic E-state index is 0.854. The van der Waals surface area contributed by atoms with Crippen molar-refractivity contribution in [2.45, 2.75) is 6.92 Å². The number of hydrogen-bond acceptors (Lipinski definition) is 4. The SMILES string of the molecule is Cc1cc(NCCN2CCOCC2)nc2ccccc12. The van der Waals surface area contributed by atoms with Crippen LogP contribution in [0.15, 0.2) is 30.3 Å². The van der Waals surface area contributed by atoms with E-state index < -0.39 is 0 Å². The number of morpholine rings is 1. The smallest absolute Gasteiger partial charge is 0.126 e. The fourth-order valence-corrected chi connectivity index (χ4v) is 2.61. The summed E-state index contributed by atoms with van der Waals surface area (Å²) >= 11 is 0. The van der Waals surface area contributed by atoms with Crippen LogP contribution in [0.25, 0.3) is 10.9 Å². The summed E-state index contributed by atoms with van der Waals surface area (Å²) in [6, 6.07) is 10.4. The van der Waals surface area contributed by atoms with Gasteiger partial charge in [-0.05, 0) is 24.6 Å². The monoisotopic (exact) mass is 271 g/mol. The summed E-state index contributed by atoms with van der Waals surface area (Å²) in [6.45, 7) is 7.87. The predicted octanol–water partition coefficient (Wildman–Crippen LogP) is 2.29. The Bertz CT molecular complexity index is 579. The van der Waals surface area contributed by atoms with E-state index in [-0.39, 0.29) is 0 Å². The third-order valence-corrected chi connectivity index (χ3v) is 3.76. The number of benzene rings is 1. The third-order valence-electron chi connectivity index (χ3n) is 3.76. The third kappa shape index (κ3) is 3.08. The average molecular weight is 271 g/mol. The van der Waals surface area contributed by atoms with Crippen LogP contribution < -0.4 is 5.32 Å². The minimum absolute atomic E-state index is 0.854. The topological polar surface area (TPSA) is 37.4 Å². The molecule has 1 aliphatic heterocycles. The van der Waals surface area contributed by atoms with Gasteiger partial charge in [0.25, 0.3) is 0 Å². The van der Waals surface area contributed by atoms with E-state index in [1.54, 1.807) is 0 Å². The quantitative estimate of drug-likeness (QED) is 0.926. The summed E-state index contributed by atoms with van der Waals surface area (Å²) in [6.07, 6.45) is 0. The molecule has 2 heterocycles. The maximum absolute atomic E-state index is 5.35. The number of nitrogens with zero attached hydrogens (tertiary/aromatic N) is 2. The molecule has 3 rings (SSSR count). The Morgan fingerprint density at radius 2 is 2.05 bits per heavy atom. The Kier molecular flexibility index (Phi) is 4.14. The molecule has 2 aromatic rings. The lowest BCUT2D eigenvalue weighted by molar-refractivity contribution is 0.0398. The molecule has 1 aromatic heterocycles. The van der Waals surface area contributed by atoms with Gasteiger partial charge in [-0.2, -0.15) is 0 Å². The summed E-state index contributed by atoms with van der Waals surface area (Å²) in [5.41, 5.74) is 2.32. The molecule has 0 amide bonds. The number of ether oxygens (including phenoxy) is 1.